The number of benzene rings is 2. The van der Waals surface area contributed by atoms with E-state index in [1.165, 1.54) is 4.90 Å². The zero-order chi connectivity index (χ0) is 22.7. The standard InChI is InChI=1S/C24H22N2O4S2/c1-2-30-19(27)13-8-14-25-23(29)21(32-24(25)31)20-17-11-6-7-12-18(17)26(22(20)28)15-16-9-4-3-5-10-16/h3-7,9-12H,2,8,13-15H2,1H3/b21-20-. The summed E-state index contributed by atoms with van der Waals surface area (Å²) in [5, 5.41) is 0. The molecular formula is C24H22N2O4S2. The average molecular weight is 467 g/mol. The van der Waals surface area contributed by atoms with E-state index in [9.17, 15) is 14.4 Å². The number of rotatable bonds is 7. The molecule has 2 aromatic carbocycles. The second-order valence-corrected chi connectivity index (χ2v) is 8.98. The zero-order valence-corrected chi connectivity index (χ0v) is 19.2. The molecule has 2 aromatic rings. The third kappa shape index (κ3) is 4.33. The Morgan fingerprint density at radius 1 is 1.00 bits per heavy atom. The van der Waals surface area contributed by atoms with Gasteiger partial charge in [0.25, 0.3) is 11.8 Å². The first-order valence-electron chi connectivity index (χ1n) is 10.4. The summed E-state index contributed by atoms with van der Waals surface area (Å²) in [7, 11) is 0. The summed E-state index contributed by atoms with van der Waals surface area (Å²) in [5.74, 6) is -0.793. The van der Waals surface area contributed by atoms with E-state index in [0.717, 1.165) is 28.6 Å². The van der Waals surface area contributed by atoms with Crippen molar-refractivity contribution in [2.24, 2.45) is 0 Å². The Bertz CT molecular complexity index is 1110. The number of hydrogen-bond acceptors (Lipinski definition) is 6. The van der Waals surface area contributed by atoms with Crippen LogP contribution in [0.1, 0.15) is 30.9 Å². The first kappa shape index (κ1) is 22.2. The Balaban J connectivity index is 1.60. The monoisotopic (exact) mass is 466 g/mol. The summed E-state index contributed by atoms with van der Waals surface area (Å²) in [6, 6.07) is 17.2. The molecule has 0 radical (unpaired) electrons. The average Bonchev–Trinajstić information content (AvgIpc) is 3.22. The molecule has 0 bridgehead atoms. The van der Waals surface area contributed by atoms with Crippen LogP contribution in [0, 0.1) is 0 Å². The van der Waals surface area contributed by atoms with Gasteiger partial charge in [-0.2, -0.15) is 0 Å². The van der Waals surface area contributed by atoms with Crippen LogP contribution in [0.15, 0.2) is 59.5 Å². The van der Waals surface area contributed by atoms with Crippen molar-refractivity contribution in [1.29, 1.82) is 0 Å². The molecular weight excluding hydrogens is 444 g/mol. The number of amides is 2. The lowest BCUT2D eigenvalue weighted by Gasteiger charge is -2.17. The molecule has 6 nitrogen and oxygen atoms in total. The molecule has 1 saturated heterocycles. The number of thioether (sulfide) groups is 1. The third-order valence-electron chi connectivity index (χ3n) is 5.25. The fourth-order valence-electron chi connectivity index (χ4n) is 3.78. The van der Waals surface area contributed by atoms with Gasteiger partial charge in [0.15, 0.2) is 0 Å². The molecule has 0 saturated carbocycles. The van der Waals surface area contributed by atoms with Crippen molar-refractivity contribution in [3.63, 3.8) is 0 Å². The minimum absolute atomic E-state index is 0.206. The first-order valence-corrected chi connectivity index (χ1v) is 11.6. The molecule has 0 atom stereocenters. The molecule has 4 rings (SSSR count). The Kier molecular flexibility index (Phi) is 6.72. The van der Waals surface area contributed by atoms with E-state index >= 15 is 0 Å². The number of esters is 1. The second kappa shape index (κ2) is 9.67. The number of para-hydroxylation sites is 1. The minimum Gasteiger partial charge on any atom is -0.466 e. The summed E-state index contributed by atoms with van der Waals surface area (Å²) in [6.07, 6.45) is 0.655. The highest BCUT2D eigenvalue weighted by molar-refractivity contribution is 8.26. The van der Waals surface area contributed by atoms with Crippen molar-refractivity contribution in [2.75, 3.05) is 18.1 Å². The minimum atomic E-state index is -0.298. The quantitative estimate of drug-likeness (QED) is 0.347. The molecule has 164 valence electrons. The van der Waals surface area contributed by atoms with Crippen molar-refractivity contribution in [3.05, 3.63) is 70.6 Å². The van der Waals surface area contributed by atoms with Crippen LogP contribution in [-0.4, -0.2) is 40.2 Å². The summed E-state index contributed by atoms with van der Waals surface area (Å²) in [4.78, 5) is 41.8. The van der Waals surface area contributed by atoms with E-state index in [4.69, 9.17) is 17.0 Å². The van der Waals surface area contributed by atoms with Crippen LogP contribution in [0.25, 0.3) is 5.57 Å². The molecule has 2 amide bonds. The zero-order valence-electron chi connectivity index (χ0n) is 17.6. The van der Waals surface area contributed by atoms with Crippen LogP contribution in [0.4, 0.5) is 5.69 Å². The highest BCUT2D eigenvalue weighted by Crippen LogP contribution is 2.45. The maximum absolute atomic E-state index is 13.5. The predicted octanol–water partition coefficient (Wildman–Crippen LogP) is 4.15. The molecule has 2 aliphatic heterocycles. The summed E-state index contributed by atoms with van der Waals surface area (Å²) in [6.45, 7) is 2.81. The molecule has 0 unspecified atom stereocenters. The topological polar surface area (TPSA) is 66.9 Å². The van der Waals surface area contributed by atoms with E-state index in [2.05, 4.69) is 0 Å². The molecule has 2 aliphatic rings. The van der Waals surface area contributed by atoms with Crippen molar-refractivity contribution in [2.45, 2.75) is 26.3 Å². The fourth-order valence-corrected chi connectivity index (χ4v) is 5.16. The van der Waals surface area contributed by atoms with E-state index in [-0.39, 0.29) is 24.2 Å². The van der Waals surface area contributed by atoms with Gasteiger partial charge in [0.05, 0.1) is 29.3 Å². The fraction of sp³-hybridized carbons (Fsp3) is 0.250. The molecule has 1 fully saturated rings. The lowest BCUT2D eigenvalue weighted by atomic mass is 10.1. The molecule has 2 heterocycles. The van der Waals surface area contributed by atoms with Crippen LogP contribution in [0.2, 0.25) is 0 Å². The third-order valence-corrected chi connectivity index (χ3v) is 6.70. The maximum atomic E-state index is 13.5. The molecule has 32 heavy (non-hydrogen) atoms. The summed E-state index contributed by atoms with van der Waals surface area (Å²) < 4.78 is 5.33. The van der Waals surface area contributed by atoms with Crippen LogP contribution >= 0.6 is 24.0 Å². The van der Waals surface area contributed by atoms with Crippen LogP contribution < -0.4 is 4.90 Å². The molecule has 0 N–H and O–H groups in total. The smallest absolute Gasteiger partial charge is 0.305 e. The van der Waals surface area contributed by atoms with Crippen molar-refractivity contribution in [3.8, 4) is 0 Å². The molecule has 0 spiro atoms. The number of carbonyl (C=O) groups is 3. The Labute approximate surface area is 196 Å². The second-order valence-electron chi connectivity index (χ2n) is 7.33. The number of nitrogens with zero attached hydrogens (tertiary/aromatic N) is 2. The van der Waals surface area contributed by atoms with Gasteiger partial charge in [-0.15, -0.1) is 0 Å². The van der Waals surface area contributed by atoms with Crippen LogP contribution in [0.3, 0.4) is 0 Å². The molecule has 8 heteroatoms. The largest absolute Gasteiger partial charge is 0.466 e. The number of anilines is 1. The first-order chi connectivity index (χ1) is 15.5. The predicted molar refractivity (Wildman–Crippen MR) is 129 cm³/mol. The maximum Gasteiger partial charge on any atom is 0.305 e. The Morgan fingerprint density at radius 2 is 1.72 bits per heavy atom. The van der Waals surface area contributed by atoms with Gasteiger partial charge in [-0.25, -0.2) is 0 Å². The van der Waals surface area contributed by atoms with Gasteiger partial charge >= 0.3 is 5.97 Å². The number of ether oxygens (including phenoxy) is 1. The summed E-state index contributed by atoms with van der Waals surface area (Å²) >= 11 is 6.57. The molecule has 0 aromatic heterocycles. The van der Waals surface area contributed by atoms with Gasteiger partial charge in [0.2, 0.25) is 0 Å². The highest BCUT2D eigenvalue weighted by Gasteiger charge is 2.41. The number of hydrogen-bond donors (Lipinski definition) is 0. The van der Waals surface area contributed by atoms with Crippen molar-refractivity contribution >= 4 is 57.3 Å². The lowest BCUT2D eigenvalue weighted by Crippen LogP contribution is -2.30. The van der Waals surface area contributed by atoms with Gasteiger partial charge in [0, 0.05) is 18.5 Å². The Hall–Kier alpha value is -2.97. The van der Waals surface area contributed by atoms with Crippen molar-refractivity contribution < 1.29 is 19.1 Å². The van der Waals surface area contributed by atoms with E-state index < -0.39 is 0 Å². The van der Waals surface area contributed by atoms with Gasteiger partial charge < -0.3 is 9.64 Å². The molecule has 0 aliphatic carbocycles. The number of fused-ring (bicyclic) bond motifs is 1. The van der Waals surface area contributed by atoms with Crippen LogP contribution in [-0.2, 0) is 25.7 Å². The van der Waals surface area contributed by atoms with E-state index in [1.807, 2.05) is 54.6 Å². The SMILES string of the molecule is CCOC(=O)CCCN1C(=O)/C(=C2/C(=O)N(Cc3ccccc3)c3ccccc32)SC1=S. The Morgan fingerprint density at radius 3 is 2.47 bits per heavy atom. The summed E-state index contributed by atoms with van der Waals surface area (Å²) in [5.41, 5.74) is 2.91. The lowest BCUT2D eigenvalue weighted by molar-refractivity contribution is -0.143. The normalized spacial score (nSPS) is 17.8. The number of carbonyl (C=O) groups excluding carboxylic acids is 3. The van der Waals surface area contributed by atoms with Crippen LogP contribution in [0.5, 0.6) is 0 Å². The van der Waals surface area contributed by atoms with E-state index in [1.54, 1.807) is 11.8 Å². The van der Waals surface area contributed by atoms with Crippen molar-refractivity contribution in [1.82, 2.24) is 4.90 Å². The van der Waals surface area contributed by atoms with Gasteiger partial charge in [0.1, 0.15) is 4.32 Å². The highest BCUT2D eigenvalue weighted by atomic mass is 32.2. The number of thiocarbonyl (C=S) groups is 1. The van der Waals surface area contributed by atoms with Gasteiger partial charge in [-0.3, -0.25) is 19.3 Å². The van der Waals surface area contributed by atoms with Gasteiger partial charge in [-0.1, -0.05) is 72.5 Å². The van der Waals surface area contributed by atoms with E-state index in [0.29, 0.717) is 40.9 Å². The van der Waals surface area contributed by atoms with Gasteiger partial charge in [-0.05, 0) is 25.0 Å².